The van der Waals surface area contributed by atoms with Crippen molar-refractivity contribution in [3.63, 3.8) is 0 Å². The maximum atomic E-state index is 13.2. The van der Waals surface area contributed by atoms with E-state index in [1.807, 2.05) is 19.1 Å². The first-order valence-corrected chi connectivity index (χ1v) is 12.7. The predicted molar refractivity (Wildman–Crippen MR) is 126 cm³/mol. The molecule has 1 N–H and O–H groups in total. The van der Waals surface area contributed by atoms with Gasteiger partial charge in [-0.25, -0.2) is 0 Å². The summed E-state index contributed by atoms with van der Waals surface area (Å²) in [6, 6.07) is 8.28. The summed E-state index contributed by atoms with van der Waals surface area (Å²) in [4.78, 5) is 15.9. The Morgan fingerprint density at radius 3 is 2.69 bits per heavy atom. The van der Waals surface area contributed by atoms with E-state index in [0.717, 1.165) is 43.1 Å². The minimum absolute atomic E-state index is 0.0748. The second-order valence-corrected chi connectivity index (χ2v) is 10.2. The molecule has 0 spiro atoms. The van der Waals surface area contributed by atoms with Crippen molar-refractivity contribution in [3.8, 4) is 0 Å². The number of rotatable bonds is 5. The molecule has 2 fully saturated rings. The van der Waals surface area contributed by atoms with Gasteiger partial charge >= 0.3 is 0 Å². The average molecular weight is 436 g/mol. The van der Waals surface area contributed by atoms with Gasteiger partial charge in [0.05, 0.1) is 0 Å². The number of hydrogen-bond donors (Lipinski definition) is 1. The SMILES string of the molecule is Cc1nnc2n1C[C@@H](c1cccc(C(=O)NCC3(N4CCCCC4)CCCCC3)c1)CC2. The summed E-state index contributed by atoms with van der Waals surface area (Å²) in [5.41, 5.74) is 2.20. The molecule has 1 saturated carbocycles. The highest BCUT2D eigenvalue weighted by molar-refractivity contribution is 5.94. The fourth-order valence-electron chi connectivity index (χ4n) is 6.20. The summed E-state index contributed by atoms with van der Waals surface area (Å²) in [7, 11) is 0. The summed E-state index contributed by atoms with van der Waals surface area (Å²) in [5.74, 6) is 2.55. The van der Waals surface area contributed by atoms with Crippen LogP contribution < -0.4 is 5.32 Å². The van der Waals surface area contributed by atoms with Crippen molar-refractivity contribution in [2.75, 3.05) is 19.6 Å². The fourth-order valence-corrected chi connectivity index (χ4v) is 6.20. The van der Waals surface area contributed by atoms with Gasteiger partial charge in [0.1, 0.15) is 11.6 Å². The van der Waals surface area contributed by atoms with Gasteiger partial charge in [0, 0.05) is 36.5 Å². The molecule has 1 aliphatic carbocycles. The van der Waals surface area contributed by atoms with Crippen LogP contribution in [0.2, 0.25) is 0 Å². The number of fused-ring (bicyclic) bond motifs is 1. The van der Waals surface area contributed by atoms with E-state index >= 15 is 0 Å². The number of piperidine rings is 1. The predicted octanol–water partition coefficient (Wildman–Crippen LogP) is 4.24. The molecule has 0 radical (unpaired) electrons. The van der Waals surface area contributed by atoms with Crippen LogP contribution in [0.4, 0.5) is 0 Å². The van der Waals surface area contributed by atoms with Crippen LogP contribution in [-0.4, -0.2) is 50.7 Å². The normalized spacial score (nSPS) is 23.5. The van der Waals surface area contributed by atoms with E-state index in [2.05, 4.69) is 37.1 Å². The number of hydrogen-bond acceptors (Lipinski definition) is 4. The van der Waals surface area contributed by atoms with Gasteiger partial charge in [0.2, 0.25) is 0 Å². The van der Waals surface area contributed by atoms with Crippen molar-refractivity contribution in [1.82, 2.24) is 25.0 Å². The van der Waals surface area contributed by atoms with Crippen LogP contribution in [0.15, 0.2) is 24.3 Å². The number of aryl methyl sites for hydroxylation is 2. The number of amides is 1. The van der Waals surface area contributed by atoms with Crippen LogP contribution >= 0.6 is 0 Å². The van der Waals surface area contributed by atoms with Gasteiger partial charge in [-0.2, -0.15) is 0 Å². The lowest BCUT2D eigenvalue weighted by atomic mass is 9.79. The van der Waals surface area contributed by atoms with Crippen LogP contribution in [0.25, 0.3) is 0 Å². The topological polar surface area (TPSA) is 63.1 Å². The Balaban J connectivity index is 1.27. The molecule has 1 aromatic heterocycles. The number of benzene rings is 1. The molecule has 3 aliphatic rings. The smallest absolute Gasteiger partial charge is 0.251 e. The Hall–Kier alpha value is -2.21. The minimum Gasteiger partial charge on any atom is -0.350 e. The van der Waals surface area contributed by atoms with Crippen molar-refractivity contribution in [2.45, 2.75) is 89.1 Å². The van der Waals surface area contributed by atoms with Crippen molar-refractivity contribution >= 4 is 5.91 Å². The number of carbonyl (C=O) groups is 1. The highest BCUT2D eigenvalue weighted by Crippen LogP contribution is 2.35. The van der Waals surface area contributed by atoms with Crippen LogP contribution in [0.5, 0.6) is 0 Å². The van der Waals surface area contributed by atoms with Crippen LogP contribution in [0.3, 0.4) is 0 Å². The van der Waals surface area contributed by atoms with Crippen molar-refractivity contribution in [2.24, 2.45) is 0 Å². The Labute approximate surface area is 191 Å². The first kappa shape index (κ1) is 21.6. The lowest BCUT2D eigenvalue weighted by molar-refractivity contribution is 0.0326. The lowest BCUT2D eigenvalue weighted by Crippen LogP contribution is -2.58. The Kier molecular flexibility index (Phi) is 6.31. The quantitative estimate of drug-likeness (QED) is 0.763. The average Bonchev–Trinajstić information content (AvgIpc) is 3.24. The van der Waals surface area contributed by atoms with E-state index in [-0.39, 0.29) is 11.4 Å². The largest absolute Gasteiger partial charge is 0.350 e. The third-order valence-corrected chi connectivity index (χ3v) is 8.14. The monoisotopic (exact) mass is 435 g/mol. The van der Waals surface area contributed by atoms with E-state index in [1.165, 1.54) is 70.0 Å². The van der Waals surface area contributed by atoms with Crippen molar-refractivity contribution in [1.29, 1.82) is 0 Å². The highest BCUT2D eigenvalue weighted by atomic mass is 16.1. The molecule has 3 heterocycles. The molecule has 1 saturated heterocycles. The molecule has 6 heteroatoms. The van der Waals surface area contributed by atoms with Crippen LogP contribution in [0.1, 0.15) is 91.3 Å². The molecule has 1 amide bonds. The maximum absolute atomic E-state index is 13.2. The molecular weight excluding hydrogens is 398 g/mol. The molecule has 32 heavy (non-hydrogen) atoms. The first-order valence-electron chi connectivity index (χ1n) is 12.7. The number of nitrogens with zero attached hydrogens (tertiary/aromatic N) is 4. The molecule has 6 nitrogen and oxygen atoms in total. The van der Waals surface area contributed by atoms with Crippen molar-refractivity contribution < 1.29 is 4.79 Å². The van der Waals surface area contributed by atoms with Gasteiger partial charge < -0.3 is 9.88 Å². The third kappa shape index (κ3) is 4.34. The van der Waals surface area contributed by atoms with Gasteiger partial charge in [-0.05, 0) is 69.8 Å². The molecule has 2 aromatic rings. The van der Waals surface area contributed by atoms with Gasteiger partial charge in [-0.15, -0.1) is 10.2 Å². The summed E-state index contributed by atoms with van der Waals surface area (Å²) in [6.07, 6.45) is 12.3. The summed E-state index contributed by atoms with van der Waals surface area (Å²) < 4.78 is 2.23. The summed E-state index contributed by atoms with van der Waals surface area (Å²) >= 11 is 0. The molecule has 172 valence electrons. The van der Waals surface area contributed by atoms with Gasteiger partial charge in [0.15, 0.2) is 0 Å². The zero-order chi connectivity index (χ0) is 22.0. The molecule has 5 rings (SSSR count). The van der Waals surface area contributed by atoms with Gasteiger partial charge in [-0.3, -0.25) is 9.69 Å². The first-order chi connectivity index (χ1) is 15.6. The van der Waals surface area contributed by atoms with Crippen LogP contribution in [0, 0.1) is 6.92 Å². The molecule has 0 bridgehead atoms. The zero-order valence-corrected chi connectivity index (χ0v) is 19.5. The van der Waals surface area contributed by atoms with E-state index in [0.29, 0.717) is 5.92 Å². The molecule has 1 aromatic carbocycles. The lowest BCUT2D eigenvalue weighted by Gasteiger charge is -2.48. The standard InChI is InChI=1S/C26H37N5O/c1-20-28-29-24-12-11-23(18-31(20)24)21-9-8-10-22(17-21)25(32)27-19-26(13-4-2-5-14-26)30-15-6-3-7-16-30/h8-10,17,23H,2-7,11-16,18-19H2,1H3,(H,27,32)/t23-/m0/s1. The third-order valence-electron chi connectivity index (χ3n) is 8.14. The molecule has 2 aliphatic heterocycles. The fraction of sp³-hybridized carbons (Fsp3) is 0.654. The van der Waals surface area contributed by atoms with E-state index in [4.69, 9.17) is 0 Å². The number of nitrogens with one attached hydrogen (secondary N) is 1. The summed E-state index contributed by atoms with van der Waals surface area (Å²) in [6.45, 7) is 6.08. The maximum Gasteiger partial charge on any atom is 0.251 e. The van der Waals surface area contributed by atoms with E-state index in [1.54, 1.807) is 0 Å². The van der Waals surface area contributed by atoms with Crippen molar-refractivity contribution in [3.05, 3.63) is 47.0 Å². The van der Waals surface area contributed by atoms with E-state index in [9.17, 15) is 4.79 Å². The Morgan fingerprint density at radius 2 is 1.88 bits per heavy atom. The number of aromatic nitrogens is 3. The highest BCUT2D eigenvalue weighted by Gasteiger charge is 2.38. The second kappa shape index (κ2) is 9.34. The summed E-state index contributed by atoms with van der Waals surface area (Å²) in [5, 5.41) is 11.9. The Bertz CT molecular complexity index is 939. The van der Waals surface area contributed by atoms with Gasteiger partial charge in [-0.1, -0.05) is 37.8 Å². The van der Waals surface area contributed by atoms with Crippen LogP contribution in [-0.2, 0) is 13.0 Å². The van der Waals surface area contributed by atoms with E-state index < -0.39 is 0 Å². The number of carbonyl (C=O) groups excluding carboxylic acids is 1. The number of likely N-dealkylation sites (tertiary alicyclic amines) is 1. The molecular formula is C26H37N5O. The minimum atomic E-state index is 0.0748. The zero-order valence-electron chi connectivity index (χ0n) is 19.5. The second-order valence-electron chi connectivity index (χ2n) is 10.2. The Morgan fingerprint density at radius 1 is 1.09 bits per heavy atom. The molecule has 1 atom stereocenters. The molecule has 0 unspecified atom stereocenters. The van der Waals surface area contributed by atoms with Gasteiger partial charge in [0.25, 0.3) is 5.91 Å².